The lowest BCUT2D eigenvalue weighted by atomic mass is 10.1. The minimum atomic E-state index is 0.333. The molecule has 4 N–H and O–H groups in total. The molecular formula is C24H34N4O2. The van der Waals surface area contributed by atoms with Crippen molar-refractivity contribution in [1.82, 2.24) is 5.32 Å². The topological polar surface area (TPSA) is 83.6 Å². The second-order valence-electron chi connectivity index (χ2n) is 7.25. The number of hydrogen-bond donors (Lipinski definition) is 3. The molecule has 0 bridgehead atoms. The third-order valence-corrected chi connectivity index (χ3v) is 4.86. The largest absolute Gasteiger partial charge is 0.496 e. The van der Waals surface area contributed by atoms with Gasteiger partial charge in [-0.05, 0) is 67.1 Å². The Labute approximate surface area is 180 Å². The molecule has 0 spiro atoms. The Balaban J connectivity index is 2.03. The first kappa shape index (κ1) is 23.3. The van der Waals surface area contributed by atoms with Crippen LogP contribution in [-0.4, -0.2) is 26.4 Å². The van der Waals surface area contributed by atoms with Crippen molar-refractivity contribution in [2.75, 3.05) is 25.7 Å². The Morgan fingerprint density at radius 2 is 2.00 bits per heavy atom. The third kappa shape index (κ3) is 6.52. The quantitative estimate of drug-likeness (QED) is 0.207. The molecule has 30 heavy (non-hydrogen) atoms. The first-order chi connectivity index (χ1) is 14.5. The SMILES string of the molecule is CCCCCN/C=C\C(=N)c1ccc(OCc2c(OC)cccc2N(C)N)c(C)c1. The van der Waals surface area contributed by atoms with Gasteiger partial charge in [-0.15, -0.1) is 0 Å². The summed E-state index contributed by atoms with van der Waals surface area (Å²) in [5.74, 6) is 7.45. The molecule has 0 aromatic heterocycles. The molecular weight excluding hydrogens is 376 g/mol. The van der Waals surface area contributed by atoms with E-state index in [4.69, 9.17) is 20.7 Å². The molecule has 0 radical (unpaired) electrons. The van der Waals surface area contributed by atoms with E-state index in [-0.39, 0.29) is 0 Å². The average Bonchev–Trinajstić information content (AvgIpc) is 2.74. The van der Waals surface area contributed by atoms with Crippen molar-refractivity contribution in [2.24, 2.45) is 5.84 Å². The molecule has 0 heterocycles. The molecule has 0 amide bonds. The predicted molar refractivity (Wildman–Crippen MR) is 125 cm³/mol. The van der Waals surface area contributed by atoms with E-state index in [1.54, 1.807) is 25.2 Å². The highest BCUT2D eigenvalue weighted by Gasteiger charge is 2.13. The predicted octanol–water partition coefficient (Wildman–Crippen LogP) is 4.55. The van der Waals surface area contributed by atoms with Gasteiger partial charge >= 0.3 is 0 Å². The number of hydrogen-bond acceptors (Lipinski definition) is 6. The molecule has 2 rings (SSSR count). The maximum atomic E-state index is 8.27. The van der Waals surface area contributed by atoms with E-state index in [1.165, 1.54) is 12.8 Å². The molecule has 0 aliphatic carbocycles. The zero-order chi connectivity index (χ0) is 21.9. The Morgan fingerprint density at radius 3 is 2.67 bits per heavy atom. The van der Waals surface area contributed by atoms with Gasteiger partial charge in [0.05, 0.1) is 24.1 Å². The highest BCUT2D eigenvalue weighted by atomic mass is 16.5. The van der Waals surface area contributed by atoms with Crippen LogP contribution in [0.2, 0.25) is 0 Å². The number of benzene rings is 2. The second-order valence-corrected chi connectivity index (χ2v) is 7.25. The first-order valence-electron chi connectivity index (χ1n) is 10.3. The third-order valence-electron chi connectivity index (χ3n) is 4.86. The Kier molecular flexibility index (Phi) is 9.22. The van der Waals surface area contributed by atoms with Crippen molar-refractivity contribution in [1.29, 1.82) is 5.41 Å². The molecule has 0 saturated carbocycles. The number of unbranched alkanes of at least 4 members (excludes halogenated alkanes) is 2. The lowest BCUT2D eigenvalue weighted by molar-refractivity contribution is 0.295. The lowest BCUT2D eigenvalue weighted by Crippen LogP contribution is -2.26. The van der Waals surface area contributed by atoms with Crippen LogP contribution < -0.4 is 25.6 Å². The van der Waals surface area contributed by atoms with Crippen LogP contribution in [0.25, 0.3) is 0 Å². The molecule has 2 aromatic rings. The van der Waals surface area contributed by atoms with Gasteiger partial charge in [0, 0.05) is 13.6 Å². The maximum absolute atomic E-state index is 8.27. The summed E-state index contributed by atoms with van der Waals surface area (Å²) >= 11 is 0. The van der Waals surface area contributed by atoms with Gasteiger partial charge in [0.2, 0.25) is 0 Å². The zero-order valence-corrected chi connectivity index (χ0v) is 18.5. The van der Waals surface area contributed by atoms with Crippen LogP contribution in [0.5, 0.6) is 11.5 Å². The van der Waals surface area contributed by atoms with E-state index < -0.39 is 0 Å². The van der Waals surface area contributed by atoms with Gasteiger partial charge in [0.1, 0.15) is 18.1 Å². The van der Waals surface area contributed by atoms with E-state index in [1.807, 2.05) is 49.5 Å². The number of nitrogens with zero attached hydrogens (tertiary/aromatic N) is 1. The highest BCUT2D eigenvalue weighted by molar-refractivity contribution is 6.06. The smallest absolute Gasteiger partial charge is 0.127 e. The number of anilines is 1. The summed E-state index contributed by atoms with van der Waals surface area (Å²) in [5.41, 5.74) is 4.02. The Hall–Kier alpha value is -2.99. The van der Waals surface area contributed by atoms with E-state index >= 15 is 0 Å². The fourth-order valence-corrected chi connectivity index (χ4v) is 3.15. The van der Waals surface area contributed by atoms with Gasteiger partial charge in [-0.3, -0.25) is 0 Å². The number of methoxy groups -OCH3 is 1. The standard InChI is InChI=1S/C24H34N4O2/c1-5-6-7-14-27-15-13-21(25)19-11-12-23(18(2)16-19)30-17-20-22(28(3)26)9-8-10-24(20)29-4/h8-13,15-16,25,27H,5-7,14,17,26H2,1-4H3/b15-13-,25-21?. The number of hydrazine groups is 1. The molecule has 0 fully saturated rings. The zero-order valence-electron chi connectivity index (χ0n) is 18.5. The van der Waals surface area contributed by atoms with Crippen LogP contribution >= 0.6 is 0 Å². The molecule has 0 aliphatic heterocycles. The normalized spacial score (nSPS) is 10.8. The summed E-state index contributed by atoms with van der Waals surface area (Å²) in [4.78, 5) is 0. The fraction of sp³-hybridized carbons (Fsp3) is 0.375. The van der Waals surface area contributed by atoms with Crippen LogP contribution in [0.15, 0.2) is 48.7 Å². The average molecular weight is 411 g/mol. The fourth-order valence-electron chi connectivity index (χ4n) is 3.15. The van der Waals surface area contributed by atoms with Gasteiger partial charge in [-0.2, -0.15) is 0 Å². The first-order valence-corrected chi connectivity index (χ1v) is 10.3. The van der Waals surface area contributed by atoms with Crippen molar-refractivity contribution in [3.05, 3.63) is 65.4 Å². The Bertz CT molecular complexity index is 862. The summed E-state index contributed by atoms with van der Waals surface area (Å²) in [6.45, 7) is 5.44. The maximum Gasteiger partial charge on any atom is 0.127 e. The summed E-state index contributed by atoms with van der Waals surface area (Å²) in [6.07, 6.45) is 7.21. The summed E-state index contributed by atoms with van der Waals surface area (Å²) in [6, 6.07) is 11.5. The molecule has 0 aliphatic rings. The minimum absolute atomic E-state index is 0.333. The van der Waals surface area contributed by atoms with E-state index in [9.17, 15) is 0 Å². The van der Waals surface area contributed by atoms with Crippen LogP contribution in [-0.2, 0) is 6.61 Å². The molecule has 0 saturated heterocycles. The minimum Gasteiger partial charge on any atom is -0.496 e. The highest BCUT2D eigenvalue weighted by Crippen LogP contribution is 2.30. The van der Waals surface area contributed by atoms with Crippen molar-refractivity contribution in [2.45, 2.75) is 39.7 Å². The van der Waals surface area contributed by atoms with E-state index in [0.717, 1.165) is 46.8 Å². The molecule has 0 unspecified atom stereocenters. The van der Waals surface area contributed by atoms with Gasteiger partial charge in [-0.25, -0.2) is 5.84 Å². The van der Waals surface area contributed by atoms with E-state index in [2.05, 4.69) is 12.2 Å². The molecule has 2 aromatic carbocycles. The monoisotopic (exact) mass is 410 g/mol. The number of nitrogens with two attached hydrogens (primary N) is 1. The number of rotatable bonds is 12. The van der Waals surface area contributed by atoms with Gasteiger partial charge < -0.3 is 25.2 Å². The second kappa shape index (κ2) is 11.9. The molecule has 162 valence electrons. The lowest BCUT2D eigenvalue weighted by Gasteiger charge is -2.20. The summed E-state index contributed by atoms with van der Waals surface area (Å²) in [7, 11) is 3.42. The van der Waals surface area contributed by atoms with Gasteiger partial charge in [0.15, 0.2) is 0 Å². The molecule has 0 atom stereocenters. The van der Waals surface area contributed by atoms with Crippen molar-refractivity contribution < 1.29 is 9.47 Å². The van der Waals surface area contributed by atoms with Crippen molar-refractivity contribution >= 4 is 11.4 Å². The van der Waals surface area contributed by atoms with Crippen LogP contribution in [0.3, 0.4) is 0 Å². The van der Waals surface area contributed by atoms with Gasteiger partial charge in [-0.1, -0.05) is 25.8 Å². The molecule has 6 nitrogen and oxygen atoms in total. The number of aryl methyl sites for hydroxylation is 1. The Morgan fingerprint density at radius 1 is 1.20 bits per heavy atom. The summed E-state index contributed by atoms with van der Waals surface area (Å²) in [5, 5.41) is 13.1. The van der Waals surface area contributed by atoms with Crippen molar-refractivity contribution in [3.8, 4) is 11.5 Å². The van der Waals surface area contributed by atoms with E-state index in [0.29, 0.717) is 12.3 Å². The van der Waals surface area contributed by atoms with Crippen LogP contribution in [0, 0.1) is 12.3 Å². The van der Waals surface area contributed by atoms with Crippen LogP contribution in [0.4, 0.5) is 5.69 Å². The molecule has 6 heteroatoms. The number of nitrogens with one attached hydrogen (secondary N) is 2. The van der Waals surface area contributed by atoms with Crippen molar-refractivity contribution in [3.63, 3.8) is 0 Å². The number of ether oxygens (including phenoxy) is 2. The van der Waals surface area contributed by atoms with Gasteiger partial charge in [0.25, 0.3) is 0 Å². The summed E-state index contributed by atoms with van der Waals surface area (Å²) < 4.78 is 11.5. The van der Waals surface area contributed by atoms with Crippen LogP contribution in [0.1, 0.15) is 42.9 Å². The number of allylic oxidation sites excluding steroid dienone is 1.